The monoisotopic (exact) mass is 332 g/mol. The molecular formula is C20H16N2O3. The molecule has 0 radical (unpaired) electrons. The van der Waals surface area contributed by atoms with Gasteiger partial charge in [0.15, 0.2) is 0 Å². The van der Waals surface area contributed by atoms with E-state index in [0.29, 0.717) is 16.8 Å². The normalized spacial score (nSPS) is 13.1. The fourth-order valence-corrected chi connectivity index (χ4v) is 3.36. The van der Waals surface area contributed by atoms with E-state index in [1.54, 1.807) is 28.9 Å². The molecule has 0 fully saturated rings. The number of hydrogen-bond acceptors (Lipinski definition) is 3. The van der Waals surface area contributed by atoms with E-state index in [1.807, 2.05) is 44.2 Å². The Balaban J connectivity index is 2.13. The van der Waals surface area contributed by atoms with Crippen molar-refractivity contribution >= 4 is 11.6 Å². The predicted molar refractivity (Wildman–Crippen MR) is 93.7 cm³/mol. The molecule has 0 amide bonds. The van der Waals surface area contributed by atoms with Gasteiger partial charge in [-0.05, 0) is 26.0 Å². The van der Waals surface area contributed by atoms with Gasteiger partial charge in [-0.15, -0.1) is 0 Å². The van der Waals surface area contributed by atoms with Crippen LogP contribution in [0.5, 0.6) is 0 Å². The number of carbonyl (C=O) groups is 2. The SMILES string of the molecule is CC(C)n1c(=O)c2c(n1-c1ccccc1)C(=O)c1ccccc1C2=O. The van der Waals surface area contributed by atoms with Crippen LogP contribution < -0.4 is 5.56 Å². The first-order chi connectivity index (χ1) is 12.0. The molecule has 0 N–H and O–H groups in total. The highest BCUT2D eigenvalue weighted by molar-refractivity contribution is 6.27. The summed E-state index contributed by atoms with van der Waals surface area (Å²) in [5.74, 6) is -0.690. The first-order valence-corrected chi connectivity index (χ1v) is 8.13. The fraction of sp³-hybridized carbons (Fsp3) is 0.150. The number of ketones is 2. The molecule has 124 valence electrons. The number of rotatable bonds is 2. The molecule has 3 aromatic rings. The first kappa shape index (κ1) is 15.3. The molecule has 1 heterocycles. The molecule has 2 aromatic carbocycles. The van der Waals surface area contributed by atoms with Gasteiger partial charge in [0.2, 0.25) is 11.6 Å². The van der Waals surface area contributed by atoms with E-state index in [4.69, 9.17) is 0 Å². The Hall–Kier alpha value is -3.21. The number of aromatic nitrogens is 2. The van der Waals surface area contributed by atoms with Gasteiger partial charge in [0, 0.05) is 17.2 Å². The fourth-order valence-electron chi connectivity index (χ4n) is 3.36. The molecule has 0 spiro atoms. The summed E-state index contributed by atoms with van der Waals surface area (Å²) in [6.45, 7) is 3.71. The van der Waals surface area contributed by atoms with E-state index in [9.17, 15) is 14.4 Å². The van der Waals surface area contributed by atoms with E-state index in [1.165, 1.54) is 4.68 Å². The molecule has 1 aromatic heterocycles. The van der Waals surface area contributed by atoms with Gasteiger partial charge in [0.05, 0.1) is 5.69 Å². The molecule has 5 nitrogen and oxygen atoms in total. The highest BCUT2D eigenvalue weighted by atomic mass is 16.2. The standard InChI is InChI=1S/C20H16N2O3/c1-12(2)21-20(25)16-17(22(21)13-8-4-3-5-9-13)19(24)15-11-7-6-10-14(15)18(16)23/h3-12H,1-2H3. The number of nitrogens with zero attached hydrogens (tertiary/aromatic N) is 2. The molecular weight excluding hydrogens is 316 g/mol. The van der Waals surface area contributed by atoms with E-state index in [0.717, 1.165) is 0 Å². The van der Waals surface area contributed by atoms with Gasteiger partial charge in [-0.2, -0.15) is 0 Å². The highest BCUT2D eigenvalue weighted by Crippen LogP contribution is 2.28. The summed E-state index contributed by atoms with van der Waals surface area (Å²) in [5.41, 5.74) is 0.982. The topological polar surface area (TPSA) is 61.1 Å². The smallest absolute Gasteiger partial charge is 0.279 e. The van der Waals surface area contributed by atoms with Gasteiger partial charge in [-0.3, -0.25) is 14.4 Å². The maximum atomic E-state index is 13.1. The number of para-hydroxylation sites is 1. The highest BCUT2D eigenvalue weighted by Gasteiger charge is 2.38. The Labute approximate surface area is 144 Å². The van der Waals surface area contributed by atoms with Gasteiger partial charge in [-0.25, -0.2) is 9.36 Å². The Bertz CT molecular complexity index is 1070. The van der Waals surface area contributed by atoms with Crippen molar-refractivity contribution in [1.29, 1.82) is 0 Å². The zero-order valence-electron chi connectivity index (χ0n) is 13.9. The van der Waals surface area contributed by atoms with Crippen molar-refractivity contribution < 1.29 is 9.59 Å². The number of fused-ring (bicyclic) bond motifs is 2. The van der Waals surface area contributed by atoms with Gasteiger partial charge < -0.3 is 0 Å². The summed E-state index contributed by atoms with van der Waals surface area (Å²) < 4.78 is 3.06. The van der Waals surface area contributed by atoms with Crippen molar-refractivity contribution in [3.05, 3.63) is 87.3 Å². The number of benzene rings is 2. The van der Waals surface area contributed by atoms with Crippen LogP contribution in [0, 0.1) is 0 Å². The summed E-state index contributed by atoms with van der Waals surface area (Å²) in [5, 5.41) is 0. The van der Waals surface area contributed by atoms with E-state index >= 15 is 0 Å². The Morgan fingerprint density at radius 2 is 1.32 bits per heavy atom. The second-order valence-corrected chi connectivity index (χ2v) is 6.32. The molecule has 1 aliphatic rings. The van der Waals surface area contributed by atoms with Crippen LogP contribution >= 0.6 is 0 Å². The summed E-state index contributed by atoms with van der Waals surface area (Å²) in [4.78, 5) is 39.0. The lowest BCUT2D eigenvalue weighted by atomic mass is 9.88. The van der Waals surface area contributed by atoms with Crippen molar-refractivity contribution in [2.24, 2.45) is 0 Å². The second kappa shape index (κ2) is 5.41. The first-order valence-electron chi connectivity index (χ1n) is 8.13. The Morgan fingerprint density at radius 1 is 0.760 bits per heavy atom. The Morgan fingerprint density at radius 3 is 1.92 bits per heavy atom. The van der Waals surface area contributed by atoms with Crippen molar-refractivity contribution in [3.63, 3.8) is 0 Å². The van der Waals surface area contributed by atoms with E-state index < -0.39 is 5.56 Å². The lowest BCUT2D eigenvalue weighted by Gasteiger charge is -2.19. The van der Waals surface area contributed by atoms with Crippen molar-refractivity contribution in [3.8, 4) is 5.69 Å². The third-order valence-electron chi connectivity index (χ3n) is 4.43. The molecule has 0 saturated carbocycles. The predicted octanol–water partition coefficient (Wildman–Crippen LogP) is 3.00. The maximum absolute atomic E-state index is 13.1. The minimum absolute atomic E-state index is 0.0405. The lowest BCUT2D eigenvalue weighted by Crippen LogP contribution is -2.27. The average molecular weight is 332 g/mol. The quantitative estimate of drug-likeness (QED) is 0.567. The third-order valence-corrected chi connectivity index (χ3v) is 4.43. The number of hydrogen-bond donors (Lipinski definition) is 0. The van der Waals surface area contributed by atoms with Gasteiger partial charge in [0.1, 0.15) is 11.3 Å². The van der Waals surface area contributed by atoms with Crippen LogP contribution in [0.3, 0.4) is 0 Å². The minimum Gasteiger partial charge on any atom is -0.288 e. The molecule has 0 saturated heterocycles. The Kier molecular flexibility index (Phi) is 3.32. The van der Waals surface area contributed by atoms with Crippen LogP contribution in [0.25, 0.3) is 5.69 Å². The van der Waals surface area contributed by atoms with Gasteiger partial charge in [0.25, 0.3) is 5.56 Å². The van der Waals surface area contributed by atoms with Crippen molar-refractivity contribution in [2.75, 3.05) is 0 Å². The molecule has 0 unspecified atom stereocenters. The molecule has 1 aliphatic carbocycles. The maximum Gasteiger partial charge on any atom is 0.279 e. The summed E-state index contributed by atoms with van der Waals surface area (Å²) in [6.07, 6.45) is 0. The molecule has 0 aliphatic heterocycles. The average Bonchev–Trinajstić information content (AvgIpc) is 2.94. The van der Waals surface area contributed by atoms with Crippen LogP contribution in [0.4, 0.5) is 0 Å². The summed E-state index contributed by atoms with van der Waals surface area (Å²) in [6, 6.07) is 15.6. The van der Waals surface area contributed by atoms with Crippen LogP contribution in [-0.2, 0) is 0 Å². The minimum atomic E-state index is -0.429. The van der Waals surface area contributed by atoms with E-state index in [2.05, 4.69) is 0 Å². The van der Waals surface area contributed by atoms with Crippen molar-refractivity contribution in [2.45, 2.75) is 19.9 Å². The van der Waals surface area contributed by atoms with Crippen LogP contribution in [0.2, 0.25) is 0 Å². The number of carbonyl (C=O) groups excluding carboxylic acids is 2. The summed E-state index contributed by atoms with van der Waals surface area (Å²) >= 11 is 0. The van der Waals surface area contributed by atoms with E-state index in [-0.39, 0.29) is 28.9 Å². The molecule has 0 bridgehead atoms. The molecule has 25 heavy (non-hydrogen) atoms. The van der Waals surface area contributed by atoms with Gasteiger partial charge >= 0.3 is 0 Å². The second-order valence-electron chi connectivity index (χ2n) is 6.32. The van der Waals surface area contributed by atoms with Crippen molar-refractivity contribution in [1.82, 2.24) is 9.36 Å². The molecule has 4 rings (SSSR count). The van der Waals surface area contributed by atoms with Gasteiger partial charge in [-0.1, -0.05) is 42.5 Å². The molecule has 0 atom stereocenters. The zero-order valence-corrected chi connectivity index (χ0v) is 13.9. The van der Waals surface area contributed by atoms with Crippen LogP contribution in [0.1, 0.15) is 51.9 Å². The summed E-state index contributed by atoms with van der Waals surface area (Å²) in [7, 11) is 0. The zero-order chi connectivity index (χ0) is 17.7. The third kappa shape index (κ3) is 2.05. The van der Waals surface area contributed by atoms with Crippen LogP contribution in [0.15, 0.2) is 59.4 Å². The lowest BCUT2D eigenvalue weighted by molar-refractivity contribution is 0.0974. The largest absolute Gasteiger partial charge is 0.288 e. The molecule has 5 heteroatoms. The van der Waals surface area contributed by atoms with Crippen LogP contribution in [-0.4, -0.2) is 20.9 Å².